The summed E-state index contributed by atoms with van der Waals surface area (Å²) in [5.41, 5.74) is 3.58. The molecule has 0 radical (unpaired) electrons. The molecule has 0 aliphatic carbocycles. The molecule has 1 aliphatic rings. The molecule has 0 bridgehead atoms. The van der Waals surface area contributed by atoms with E-state index in [2.05, 4.69) is 43.5 Å². The quantitative estimate of drug-likeness (QED) is 0.390. The third-order valence-electron chi connectivity index (χ3n) is 6.99. The Morgan fingerprint density at radius 2 is 1.77 bits per heavy atom. The maximum atomic E-state index is 15.1. The molecule has 1 saturated heterocycles. The number of hydrogen-bond acceptors (Lipinski definition) is 6. The minimum atomic E-state index is -3.41. The Morgan fingerprint density at radius 1 is 1.10 bits per heavy atom. The summed E-state index contributed by atoms with van der Waals surface area (Å²) in [5, 5.41) is 17.1. The van der Waals surface area contributed by atoms with Crippen molar-refractivity contribution in [1.82, 2.24) is 10.2 Å². The molecule has 2 aromatic rings. The third kappa shape index (κ3) is 9.96. The number of likely N-dealkylation sites (N-methyl/N-ethyl adjacent to an activating group) is 1. The summed E-state index contributed by atoms with van der Waals surface area (Å²) < 4.78 is 40.6. The van der Waals surface area contributed by atoms with E-state index in [4.69, 9.17) is 0 Å². The lowest BCUT2D eigenvalue weighted by atomic mass is 9.86. The number of carbonyl (C=O) groups excluding carboxylic acids is 1. The van der Waals surface area contributed by atoms with Crippen LogP contribution in [0.1, 0.15) is 49.9 Å². The molecule has 0 spiro atoms. The summed E-state index contributed by atoms with van der Waals surface area (Å²) in [6, 6.07) is 10.6. The Bertz CT molecular complexity index is 1250. The largest absolute Gasteiger partial charge is 0.391 e. The van der Waals surface area contributed by atoms with E-state index in [1.165, 1.54) is 11.6 Å². The van der Waals surface area contributed by atoms with Gasteiger partial charge in [-0.1, -0.05) is 58.0 Å². The first kappa shape index (κ1) is 36.3. The van der Waals surface area contributed by atoms with Crippen molar-refractivity contribution in [2.24, 2.45) is 5.92 Å². The molecule has 0 unspecified atom stereocenters. The summed E-state index contributed by atoms with van der Waals surface area (Å²) >= 11 is 0. The molecule has 1 heterocycles. The van der Waals surface area contributed by atoms with Crippen LogP contribution in [-0.2, 0) is 39.4 Å². The molecule has 1 fully saturated rings. The van der Waals surface area contributed by atoms with Gasteiger partial charge in [-0.3, -0.25) is 4.79 Å². The molecular weight excluding hydrogens is 576 g/mol. The number of aryl methyl sites for hydroxylation is 1. The van der Waals surface area contributed by atoms with Gasteiger partial charge in [0, 0.05) is 18.5 Å². The fourth-order valence-electron chi connectivity index (χ4n) is 4.98. The normalized spacial score (nSPS) is 20.4. The van der Waals surface area contributed by atoms with Crippen LogP contribution >= 0.6 is 24.8 Å². The molecule has 1 aliphatic heterocycles. The summed E-state index contributed by atoms with van der Waals surface area (Å²) in [6.07, 6.45) is -0.198. The first-order valence-electron chi connectivity index (χ1n) is 13.2. The number of amides is 1. The van der Waals surface area contributed by atoms with Crippen molar-refractivity contribution in [2.75, 3.05) is 37.5 Å². The molecule has 226 valence electrons. The van der Waals surface area contributed by atoms with E-state index < -0.39 is 33.7 Å². The molecule has 0 saturated carbocycles. The number of aliphatic hydroxyl groups is 1. The molecule has 3 atom stereocenters. The molecule has 3 rings (SSSR count). The van der Waals surface area contributed by atoms with Crippen LogP contribution in [0.4, 0.5) is 10.1 Å². The van der Waals surface area contributed by atoms with Gasteiger partial charge in [0.1, 0.15) is 5.82 Å². The van der Waals surface area contributed by atoms with Gasteiger partial charge in [-0.25, -0.2) is 12.8 Å². The highest BCUT2D eigenvalue weighted by Crippen LogP contribution is 2.29. The van der Waals surface area contributed by atoms with Crippen LogP contribution in [0.2, 0.25) is 0 Å². The SMILES string of the molecule is CCc1cc(C[C@@H]2CS(=O)(=O)C[C@H](NCc3cccc(C(C)(C)C)c3)[C@H]2O)cc(F)c1NC(=O)CN(C)C.Cl.Cl. The lowest BCUT2D eigenvalue weighted by Gasteiger charge is -2.35. The number of sulfone groups is 1. The van der Waals surface area contributed by atoms with Crippen LogP contribution in [0.25, 0.3) is 0 Å². The Balaban J connectivity index is 0.00000400. The smallest absolute Gasteiger partial charge is 0.238 e. The van der Waals surface area contributed by atoms with Crippen molar-refractivity contribution in [3.63, 3.8) is 0 Å². The van der Waals surface area contributed by atoms with Gasteiger partial charge in [0.2, 0.25) is 5.91 Å². The van der Waals surface area contributed by atoms with Crippen LogP contribution in [0, 0.1) is 11.7 Å². The van der Waals surface area contributed by atoms with Gasteiger partial charge < -0.3 is 20.6 Å². The minimum absolute atomic E-state index is 0. The number of carbonyl (C=O) groups is 1. The molecular formula is C29H44Cl2FN3O4S. The summed E-state index contributed by atoms with van der Waals surface area (Å²) in [6.45, 7) is 8.85. The molecule has 2 aromatic carbocycles. The number of nitrogens with zero attached hydrogens (tertiary/aromatic N) is 1. The highest BCUT2D eigenvalue weighted by molar-refractivity contribution is 7.91. The lowest BCUT2D eigenvalue weighted by Crippen LogP contribution is -2.54. The van der Waals surface area contributed by atoms with Crippen LogP contribution in [0.3, 0.4) is 0 Å². The molecule has 0 aromatic heterocycles. The second kappa shape index (κ2) is 14.9. The topological polar surface area (TPSA) is 98.7 Å². The monoisotopic (exact) mass is 619 g/mol. The summed E-state index contributed by atoms with van der Waals surface area (Å²) in [7, 11) is 0.107. The number of hydrogen-bond donors (Lipinski definition) is 3. The summed E-state index contributed by atoms with van der Waals surface area (Å²) in [5.74, 6) is -1.75. The predicted octanol–water partition coefficient (Wildman–Crippen LogP) is 4.14. The second-order valence-corrected chi connectivity index (χ2v) is 13.9. The number of rotatable bonds is 9. The van der Waals surface area contributed by atoms with Crippen molar-refractivity contribution in [1.29, 1.82) is 0 Å². The van der Waals surface area contributed by atoms with E-state index in [0.717, 1.165) is 5.56 Å². The number of nitrogens with one attached hydrogen (secondary N) is 2. The van der Waals surface area contributed by atoms with Crippen molar-refractivity contribution in [3.05, 3.63) is 64.5 Å². The van der Waals surface area contributed by atoms with Gasteiger partial charge in [-0.15, -0.1) is 24.8 Å². The maximum Gasteiger partial charge on any atom is 0.238 e. The van der Waals surface area contributed by atoms with E-state index in [9.17, 15) is 18.3 Å². The zero-order valence-corrected chi connectivity index (χ0v) is 26.6. The van der Waals surface area contributed by atoms with Crippen LogP contribution < -0.4 is 10.6 Å². The van der Waals surface area contributed by atoms with E-state index in [1.54, 1.807) is 25.1 Å². The molecule has 40 heavy (non-hydrogen) atoms. The Labute approximate surface area is 251 Å². The average Bonchev–Trinajstić information content (AvgIpc) is 2.80. The third-order valence-corrected chi connectivity index (χ3v) is 8.80. The number of halogens is 3. The van der Waals surface area contributed by atoms with E-state index in [0.29, 0.717) is 24.1 Å². The Morgan fingerprint density at radius 3 is 2.38 bits per heavy atom. The highest BCUT2D eigenvalue weighted by Gasteiger charge is 2.39. The predicted molar refractivity (Wildman–Crippen MR) is 165 cm³/mol. The molecule has 7 nitrogen and oxygen atoms in total. The van der Waals surface area contributed by atoms with Gasteiger partial charge in [0.15, 0.2) is 9.84 Å². The number of aliphatic hydroxyl groups excluding tert-OH is 1. The maximum absolute atomic E-state index is 15.1. The van der Waals surface area contributed by atoms with Crippen molar-refractivity contribution < 1.29 is 22.7 Å². The van der Waals surface area contributed by atoms with Crippen molar-refractivity contribution >= 4 is 46.2 Å². The van der Waals surface area contributed by atoms with Crippen LogP contribution in [0.5, 0.6) is 0 Å². The fourth-order valence-corrected chi connectivity index (χ4v) is 6.95. The standard InChI is InChI=1S/C29H42FN3O4S.2ClH/c1-7-21-11-20(14-24(30)27(21)32-26(34)16-33(5)6)12-22-17-38(36,37)18-25(28(22)35)31-15-19-9-8-10-23(13-19)29(2,3)4;;/h8-11,13-14,22,25,28,31,35H,7,12,15-18H2,1-6H3,(H,32,34);2*1H/t22-,25+,28+;;/m1../s1. The Hall–Kier alpha value is -1.75. The van der Waals surface area contributed by atoms with Crippen LogP contribution in [-0.4, -0.2) is 68.6 Å². The van der Waals surface area contributed by atoms with Crippen molar-refractivity contribution in [3.8, 4) is 0 Å². The Kier molecular flexibility index (Phi) is 13.5. The first-order valence-corrected chi connectivity index (χ1v) is 15.0. The molecule has 11 heteroatoms. The van der Waals surface area contributed by atoms with E-state index >= 15 is 4.39 Å². The van der Waals surface area contributed by atoms with Gasteiger partial charge in [-0.05, 0) is 60.7 Å². The van der Waals surface area contributed by atoms with E-state index in [1.807, 2.05) is 19.1 Å². The lowest BCUT2D eigenvalue weighted by molar-refractivity contribution is -0.116. The fraction of sp³-hybridized carbons (Fsp3) is 0.552. The molecule has 3 N–H and O–H groups in total. The van der Waals surface area contributed by atoms with Gasteiger partial charge in [-0.2, -0.15) is 0 Å². The van der Waals surface area contributed by atoms with Gasteiger partial charge in [0.05, 0.1) is 29.8 Å². The summed E-state index contributed by atoms with van der Waals surface area (Å²) in [4.78, 5) is 13.9. The van der Waals surface area contributed by atoms with Gasteiger partial charge >= 0.3 is 0 Å². The number of benzene rings is 2. The number of anilines is 1. The van der Waals surface area contributed by atoms with Crippen LogP contribution in [0.15, 0.2) is 36.4 Å². The highest BCUT2D eigenvalue weighted by atomic mass is 35.5. The zero-order chi connectivity index (χ0) is 28.3. The van der Waals surface area contributed by atoms with Crippen molar-refractivity contribution in [2.45, 2.75) is 64.6 Å². The van der Waals surface area contributed by atoms with Gasteiger partial charge in [0.25, 0.3) is 0 Å². The second-order valence-electron chi connectivity index (χ2n) is 11.7. The minimum Gasteiger partial charge on any atom is -0.391 e. The zero-order valence-electron chi connectivity index (χ0n) is 24.2. The first-order chi connectivity index (χ1) is 17.7. The average molecular weight is 621 g/mol. The van der Waals surface area contributed by atoms with E-state index in [-0.39, 0.29) is 66.3 Å². The molecule has 1 amide bonds.